The van der Waals surface area contributed by atoms with Crippen LogP contribution in [0.15, 0.2) is 12.1 Å². The van der Waals surface area contributed by atoms with Crippen LogP contribution in [0.1, 0.15) is 23.1 Å². The molecule has 16 heavy (non-hydrogen) atoms. The number of hydrogen-bond acceptors (Lipinski definition) is 1. The normalized spacial score (nSPS) is 20.6. The van der Waals surface area contributed by atoms with Crippen molar-refractivity contribution in [3.8, 4) is 0 Å². The second-order valence-corrected chi connectivity index (χ2v) is 5.60. The van der Waals surface area contributed by atoms with Gasteiger partial charge >= 0.3 is 0 Å². The molecule has 0 bridgehead atoms. The summed E-state index contributed by atoms with van der Waals surface area (Å²) in [6, 6.07) is 4.27. The molecule has 1 heterocycles. The highest BCUT2D eigenvalue weighted by atomic mass is 79.9. The third kappa shape index (κ3) is 1.88. The zero-order valence-electron chi connectivity index (χ0n) is 9.88. The van der Waals surface area contributed by atoms with Crippen molar-refractivity contribution in [1.29, 1.82) is 0 Å². The molecule has 2 nitrogen and oxygen atoms in total. The van der Waals surface area contributed by atoms with Gasteiger partial charge in [0, 0.05) is 12.2 Å². The van der Waals surface area contributed by atoms with Crippen LogP contribution < -0.4 is 4.90 Å². The van der Waals surface area contributed by atoms with E-state index in [1.807, 2.05) is 4.90 Å². The van der Waals surface area contributed by atoms with E-state index in [0.717, 1.165) is 18.7 Å². The third-order valence-electron chi connectivity index (χ3n) is 3.05. The summed E-state index contributed by atoms with van der Waals surface area (Å²) in [5.41, 5.74) is 4.72. The van der Waals surface area contributed by atoms with Crippen molar-refractivity contribution in [3.05, 3.63) is 28.8 Å². The fraction of sp³-hybridized carbons (Fsp3) is 0.462. The van der Waals surface area contributed by atoms with Crippen molar-refractivity contribution in [1.82, 2.24) is 0 Å². The quantitative estimate of drug-likeness (QED) is 0.725. The van der Waals surface area contributed by atoms with E-state index >= 15 is 0 Å². The SMILES string of the molecule is Cc1cc(C)c(N2CC[C@H](Br)C2=O)c(C)c1. The van der Waals surface area contributed by atoms with Gasteiger partial charge in [0.05, 0.1) is 4.83 Å². The van der Waals surface area contributed by atoms with Crippen LogP contribution in [-0.4, -0.2) is 17.3 Å². The van der Waals surface area contributed by atoms with Gasteiger partial charge in [0.2, 0.25) is 5.91 Å². The maximum Gasteiger partial charge on any atom is 0.240 e. The summed E-state index contributed by atoms with van der Waals surface area (Å²) in [6.07, 6.45) is 0.894. The minimum atomic E-state index is -0.00685. The van der Waals surface area contributed by atoms with Crippen LogP contribution in [0.2, 0.25) is 0 Å². The Morgan fingerprint density at radius 2 is 1.81 bits per heavy atom. The second-order valence-electron chi connectivity index (χ2n) is 4.49. The molecule has 0 saturated carbocycles. The molecule has 1 aromatic carbocycles. The molecule has 86 valence electrons. The van der Waals surface area contributed by atoms with Gasteiger partial charge in [-0.05, 0) is 38.3 Å². The van der Waals surface area contributed by atoms with Crippen LogP contribution in [0.4, 0.5) is 5.69 Å². The molecule has 0 radical (unpaired) electrons. The van der Waals surface area contributed by atoms with Crippen LogP contribution in [-0.2, 0) is 4.79 Å². The van der Waals surface area contributed by atoms with E-state index in [-0.39, 0.29) is 10.7 Å². The predicted molar refractivity (Wildman–Crippen MR) is 70.3 cm³/mol. The highest BCUT2D eigenvalue weighted by molar-refractivity contribution is 9.10. The van der Waals surface area contributed by atoms with Gasteiger partial charge in [0.1, 0.15) is 0 Å². The average Bonchev–Trinajstić information content (AvgIpc) is 2.48. The first-order valence-corrected chi connectivity index (χ1v) is 6.45. The Hall–Kier alpha value is -0.830. The Kier molecular flexibility index (Phi) is 3.06. The van der Waals surface area contributed by atoms with Crippen molar-refractivity contribution >= 4 is 27.5 Å². The zero-order chi connectivity index (χ0) is 11.9. The molecule has 0 spiro atoms. The molecule has 0 unspecified atom stereocenters. The second kappa shape index (κ2) is 4.21. The molecule has 1 atom stereocenters. The molecule has 1 amide bonds. The summed E-state index contributed by atoms with van der Waals surface area (Å²) in [6.45, 7) is 7.05. The van der Waals surface area contributed by atoms with Crippen molar-refractivity contribution in [2.45, 2.75) is 32.0 Å². The van der Waals surface area contributed by atoms with E-state index in [1.165, 1.54) is 16.7 Å². The molecule has 1 aliphatic rings. The Balaban J connectivity index is 2.45. The number of carbonyl (C=O) groups is 1. The number of aryl methyl sites for hydroxylation is 3. The van der Waals surface area contributed by atoms with E-state index in [0.29, 0.717) is 0 Å². The topological polar surface area (TPSA) is 20.3 Å². The highest BCUT2D eigenvalue weighted by Crippen LogP contribution is 2.31. The molecule has 1 aromatic rings. The van der Waals surface area contributed by atoms with Crippen molar-refractivity contribution in [2.24, 2.45) is 0 Å². The zero-order valence-corrected chi connectivity index (χ0v) is 11.5. The highest BCUT2D eigenvalue weighted by Gasteiger charge is 2.31. The van der Waals surface area contributed by atoms with E-state index in [9.17, 15) is 4.79 Å². The summed E-state index contributed by atoms with van der Waals surface area (Å²) in [7, 11) is 0. The van der Waals surface area contributed by atoms with Crippen LogP contribution in [0.5, 0.6) is 0 Å². The molecular weight excluding hydrogens is 266 g/mol. The van der Waals surface area contributed by atoms with E-state index < -0.39 is 0 Å². The first kappa shape index (κ1) is 11.6. The molecule has 1 fully saturated rings. The molecule has 1 aliphatic heterocycles. The van der Waals surface area contributed by atoms with E-state index in [2.05, 4.69) is 48.8 Å². The third-order valence-corrected chi connectivity index (χ3v) is 3.89. The van der Waals surface area contributed by atoms with Crippen molar-refractivity contribution < 1.29 is 4.79 Å². The monoisotopic (exact) mass is 281 g/mol. The number of amides is 1. The lowest BCUT2D eigenvalue weighted by Gasteiger charge is -2.21. The lowest BCUT2D eigenvalue weighted by molar-refractivity contribution is -0.116. The Bertz CT molecular complexity index is 419. The largest absolute Gasteiger partial charge is 0.311 e. The summed E-state index contributed by atoms with van der Waals surface area (Å²) >= 11 is 3.41. The summed E-state index contributed by atoms with van der Waals surface area (Å²) in [5.74, 6) is 0.190. The van der Waals surface area contributed by atoms with Gasteiger partial charge in [-0.1, -0.05) is 33.6 Å². The van der Waals surface area contributed by atoms with Gasteiger partial charge in [-0.25, -0.2) is 0 Å². The maximum absolute atomic E-state index is 12.0. The number of nitrogens with zero attached hydrogens (tertiary/aromatic N) is 1. The van der Waals surface area contributed by atoms with Crippen LogP contribution >= 0.6 is 15.9 Å². The number of rotatable bonds is 1. The smallest absolute Gasteiger partial charge is 0.240 e. The number of hydrogen-bond donors (Lipinski definition) is 0. The fourth-order valence-corrected chi connectivity index (χ4v) is 2.92. The summed E-state index contributed by atoms with van der Waals surface area (Å²) in [4.78, 5) is 13.9. The number of alkyl halides is 1. The number of halogens is 1. The first-order chi connectivity index (χ1) is 7.50. The van der Waals surface area contributed by atoms with Gasteiger partial charge < -0.3 is 4.90 Å². The minimum absolute atomic E-state index is 0.00685. The number of benzene rings is 1. The molecule has 0 N–H and O–H groups in total. The van der Waals surface area contributed by atoms with Crippen molar-refractivity contribution in [2.75, 3.05) is 11.4 Å². The van der Waals surface area contributed by atoms with Crippen LogP contribution in [0.3, 0.4) is 0 Å². The fourth-order valence-electron chi connectivity index (χ4n) is 2.47. The van der Waals surface area contributed by atoms with Gasteiger partial charge in [-0.15, -0.1) is 0 Å². The molecular formula is C13H16BrNO. The Morgan fingerprint density at radius 3 is 2.25 bits per heavy atom. The minimum Gasteiger partial charge on any atom is -0.311 e. The summed E-state index contributed by atoms with van der Waals surface area (Å²) in [5, 5.41) is 0. The molecule has 1 saturated heterocycles. The predicted octanol–water partition coefficient (Wildman–Crippen LogP) is 3.11. The van der Waals surface area contributed by atoms with E-state index in [1.54, 1.807) is 0 Å². The van der Waals surface area contributed by atoms with Gasteiger partial charge in [-0.2, -0.15) is 0 Å². The van der Waals surface area contributed by atoms with Crippen LogP contribution in [0, 0.1) is 20.8 Å². The van der Waals surface area contributed by atoms with E-state index in [4.69, 9.17) is 0 Å². The van der Waals surface area contributed by atoms with Crippen molar-refractivity contribution in [3.63, 3.8) is 0 Å². The molecule has 0 aliphatic carbocycles. The average molecular weight is 282 g/mol. The molecule has 2 rings (SSSR count). The Morgan fingerprint density at radius 1 is 1.25 bits per heavy atom. The number of carbonyl (C=O) groups excluding carboxylic acids is 1. The van der Waals surface area contributed by atoms with Gasteiger partial charge in [0.15, 0.2) is 0 Å². The lowest BCUT2D eigenvalue weighted by atomic mass is 10.0. The van der Waals surface area contributed by atoms with Crippen LogP contribution in [0.25, 0.3) is 0 Å². The standard InChI is InChI=1S/C13H16BrNO/c1-8-6-9(2)12(10(3)7-8)15-5-4-11(14)13(15)16/h6-7,11H,4-5H2,1-3H3/t11-/m0/s1. The first-order valence-electron chi connectivity index (χ1n) is 5.54. The maximum atomic E-state index is 12.0. The summed E-state index contributed by atoms with van der Waals surface area (Å²) < 4.78 is 0. The molecule has 3 heteroatoms. The van der Waals surface area contributed by atoms with Gasteiger partial charge in [0.25, 0.3) is 0 Å². The lowest BCUT2D eigenvalue weighted by Crippen LogP contribution is -2.28. The Labute approximate surface area is 105 Å². The number of anilines is 1. The van der Waals surface area contributed by atoms with Gasteiger partial charge in [-0.3, -0.25) is 4.79 Å². The molecule has 0 aromatic heterocycles.